The van der Waals surface area contributed by atoms with E-state index in [9.17, 15) is 9.59 Å². The van der Waals surface area contributed by atoms with Crippen molar-refractivity contribution in [3.63, 3.8) is 0 Å². The quantitative estimate of drug-likeness (QED) is 0.876. The molecule has 1 N–H and O–H groups in total. The number of imide groups is 1. The topological polar surface area (TPSA) is 67.9 Å². The number of benzene rings is 2. The van der Waals surface area contributed by atoms with Crippen molar-refractivity contribution in [3.8, 4) is 11.5 Å². The minimum absolute atomic E-state index is 0.378. The van der Waals surface area contributed by atoms with Crippen molar-refractivity contribution < 1.29 is 19.1 Å². The maximum Gasteiger partial charge on any atom is 0.332 e. The van der Waals surface area contributed by atoms with Crippen LogP contribution in [0.4, 0.5) is 16.2 Å². The first-order valence-electron chi connectivity index (χ1n) is 6.88. The molecule has 0 radical (unpaired) electrons. The molecule has 118 valence electrons. The zero-order valence-electron chi connectivity index (χ0n) is 12.0. The standard InChI is InChI=1S/C16H13ClN2O4/c17-11-2-1-3-12(8-11)18-16(21)19(10-20)13-4-5-14-15(9-13)23-7-6-22-14/h1-5,8-10H,6-7H2,(H,18,21). The summed E-state index contributed by atoms with van der Waals surface area (Å²) in [4.78, 5) is 24.6. The summed E-state index contributed by atoms with van der Waals surface area (Å²) in [6.07, 6.45) is 0.436. The molecular formula is C16H13ClN2O4. The molecule has 1 aliphatic rings. The Bertz CT molecular complexity index is 751. The summed E-state index contributed by atoms with van der Waals surface area (Å²) in [5.74, 6) is 1.08. The van der Waals surface area contributed by atoms with Crippen molar-refractivity contribution in [1.82, 2.24) is 0 Å². The summed E-state index contributed by atoms with van der Waals surface area (Å²) < 4.78 is 10.9. The fraction of sp³-hybridized carbons (Fsp3) is 0.125. The number of carbonyl (C=O) groups is 2. The predicted octanol–water partition coefficient (Wildman–Crippen LogP) is 3.31. The molecule has 0 aliphatic carbocycles. The molecule has 6 nitrogen and oxygen atoms in total. The molecule has 0 atom stereocenters. The number of halogens is 1. The Balaban J connectivity index is 1.81. The second-order valence-corrected chi connectivity index (χ2v) is 5.18. The fourth-order valence-corrected chi connectivity index (χ4v) is 2.35. The summed E-state index contributed by atoms with van der Waals surface area (Å²) in [5, 5.41) is 3.10. The van der Waals surface area contributed by atoms with Crippen molar-refractivity contribution in [2.24, 2.45) is 0 Å². The summed E-state index contributed by atoms with van der Waals surface area (Å²) >= 11 is 5.87. The number of carbonyl (C=O) groups excluding carboxylic acids is 2. The van der Waals surface area contributed by atoms with E-state index in [-0.39, 0.29) is 0 Å². The molecule has 23 heavy (non-hydrogen) atoms. The van der Waals surface area contributed by atoms with E-state index in [1.165, 1.54) is 0 Å². The Morgan fingerprint density at radius 2 is 1.91 bits per heavy atom. The first kappa shape index (κ1) is 15.2. The number of ether oxygens (including phenoxy) is 2. The smallest absolute Gasteiger partial charge is 0.332 e. The molecular weight excluding hydrogens is 320 g/mol. The molecule has 0 spiro atoms. The highest BCUT2D eigenvalue weighted by Crippen LogP contribution is 2.33. The minimum atomic E-state index is -0.598. The van der Waals surface area contributed by atoms with Crippen molar-refractivity contribution in [2.45, 2.75) is 0 Å². The van der Waals surface area contributed by atoms with E-state index in [1.807, 2.05) is 0 Å². The highest BCUT2D eigenvalue weighted by atomic mass is 35.5. The van der Waals surface area contributed by atoms with E-state index in [0.717, 1.165) is 4.90 Å². The summed E-state index contributed by atoms with van der Waals surface area (Å²) in [7, 11) is 0. The van der Waals surface area contributed by atoms with Crippen LogP contribution in [0.1, 0.15) is 0 Å². The van der Waals surface area contributed by atoms with Gasteiger partial charge >= 0.3 is 6.03 Å². The monoisotopic (exact) mass is 332 g/mol. The van der Waals surface area contributed by atoms with E-state index in [0.29, 0.717) is 47.5 Å². The van der Waals surface area contributed by atoms with Gasteiger partial charge in [-0.05, 0) is 30.3 Å². The Kier molecular flexibility index (Phi) is 4.34. The average molecular weight is 333 g/mol. The van der Waals surface area contributed by atoms with Crippen molar-refractivity contribution in [2.75, 3.05) is 23.4 Å². The van der Waals surface area contributed by atoms with Crippen LogP contribution in [0.3, 0.4) is 0 Å². The molecule has 0 saturated heterocycles. The van der Waals surface area contributed by atoms with E-state index >= 15 is 0 Å². The number of rotatable bonds is 3. The second kappa shape index (κ2) is 6.58. The maximum absolute atomic E-state index is 12.3. The van der Waals surface area contributed by atoms with Crippen LogP contribution in [0.15, 0.2) is 42.5 Å². The molecule has 0 bridgehead atoms. The molecule has 0 aromatic heterocycles. The first-order valence-corrected chi connectivity index (χ1v) is 7.26. The fourth-order valence-electron chi connectivity index (χ4n) is 2.16. The number of fused-ring (bicyclic) bond motifs is 1. The van der Waals surface area contributed by atoms with Gasteiger partial charge in [0.05, 0.1) is 5.69 Å². The number of anilines is 2. The highest BCUT2D eigenvalue weighted by molar-refractivity contribution is 6.31. The van der Waals surface area contributed by atoms with Crippen LogP contribution < -0.4 is 19.7 Å². The number of amides is 3. The SMILES string of the molecule is O=CN(C(=O)Nc1cccc(Cl)c1)c1ccc2c(c1)OCCO2. The van der Waals surface area contributed by atoms with Gasteiger partial charge in [0.2, 0.25) is 6.41 Å². The lowest BCUT2D eigenvalue weighted by atomic mass is 10.2. The largest absolute Gasteiger partial charge is 0.486 e. The number of nitrogens with zero attached hydrogens (tertiary/aromatic N) is 1. The average Bonchev–Trinajstić information content (AvgIpc) is 2.55. The lowest BCUT2D eigenvalue weighted by molar-refractivity contribution is -0.106. The van der Waals surface area contributed by atoms with Crippen molar-refractivity contribution >= 4 is 35.4 Å². The summed E-state index contributed by atoms with van der Waals surface area (Å²) in [6.45, 7) is 0.894. The van der Waals surface area contributed by atoms with Gasteiger partial charge in [-0.2, -0.15) is 0 Å². The van der Waals surface area contributed by atoms with Crippen LogP contribution in [0.25, 0.3) is 0 Å². The van der Waals surface area contributed by atoms with Crippen LogP contribution >= 0.6 is 11.6 Å². The highest BCUT2D eigenvalue weighted by Gasteiger charge is 2.19. The third-order valence-corrected chi connectivity index (χ3v) is 3.44. The number of urea groups is 1. The van der Waals surface area contributed by atoms with Gasteiger partial charge in [-0.1, -0.05) is 17.7 Å². The Morgan fingerprint density at radius 1 is 1.13 bits per heavy atom. The number of hydrogen-bond acceptors (Lipinski definition) is 4. The van der Waals surface area contributed by atoms with E-state index in [2.05, 4.69) is 5.32 Å². The molecule has 0 unspecified atom stereocenters. The third-order valence-electron chi connectivity index (χ3n) is 3.20. The van der Waals surface area contributed by atoms with Gasteiger partial charge in [0, 0.05) is 16.8 Å². The Morgan fingerprint density at radius 3 is 2.65 bits per heavy atom. The first-order chi connectivity index (χ1) is 11.2. The molecule has 2 aromatic rings. The van der Waals surface area contributed by atoms with Gasteiger partial charge in [0.15, 0.2) is 11.5 Å². The molecule has 1 aliphatic heterocycles. The lowest BCUT2D eigenvalue weighted by Gasteiger charge is -2.21. The zero-order valence-corrected chi connectivity index (χ0v) is 12.7. The van der Waals surface area contributed by atoms with Gasteiger partial charge in [-0.25, -0.2) is 9.69 Å². The van der Waals surface area contributed by atoms with Gasteiger partial charge in [-0.15, -0.1) is 0 Å². The molecule has 1 heterocycles. The van der Waals surface area contributed by atoms with E-state index in [4.69, 9.17) is 21.1 Å². The number of nitrogens with one attached hydrogen (secondary N) is 1. The van der Waals surface area contributed by atoms with Crippen LogP contribution in [-0.4, -0.2) is 25.7 Å². The predicted molar refractivity (Wildman–Crippen MR) is 86.4 cm³/mol. The Hall–Kier alpha value is -2.73. The Labute approximate surface area is 137 Å². The van der Waals surface area contributed by atoms with Crippen molar-refractivity contribution in [3.05, 3.63) is 47.5 Å². The third kappa shape index (κ3) is 3.37. The van der Waals surface area contributed by atoms with E-state index < -0.39 is 6.03 Å². The van der Waals surface area contributed by atoms with Crippen LogP contribution in [0.5, 0.6) is 11.5 Å². The van der Waals surface area contributed by atoms with Gasteiger partial charge in [-0.3, -0.25) is 4.79 Å². The molecule has 0 saturated carbocycles. The van der Waals surface area contributed by atoms with Gasteiger partial charge in [0.25, 0.3) is 0 Å². The van der Waals surface area contributed by atoms with Gasteiger partial charge < -0.3 is 14.8 Å². The molecule has 0 fully saturated rings. The number of hydrogen-bond donors (Lipinski definition) is 1. The maximum atomic E-state index is 12.3. The molecule has 3 amide bonds. The molecule has 3 rings (SSSR count). The minimum Gasteiger partial charge on any atom is -0.486 e. The summed E-state index contributed by atoms with van der Waals surface area (Å²) in [5.41, 5.74) is 0.871. The second-order valence-electron chi connectivity index (χ2n) is 4.74. The lowest BCUT2D eigenvalue weighted by Crippen LogP contribution is -2.33. The molecule has 7 heteroatoms. The van der Waals surface area contributed by atoms with Crippen LogP contribution in [0.2, 0.25) is 5.02 Å². The van der Waals surface area contributed by atoms with Crippen LogP contribution in [0, 0.1) is 0 Å². The summed E-state index contributed by atoms with van der Waals surface area (Å²) in [6, 6.07) is 10.9. The molecule has 2 aromatic carbocycles. The zero-order chi connectivity index (χ0) is 16.2. The van der Waals surface area contributed by atoms with Gasteiger partial charge in [0.1, 0.15) is 13.2 Å². The van der Waals surface area contributed by atoms with Crippen LogP contribution in [-0.2, 0) is 4.79 Å². The normalized spacial score (nSPS) is 12.4. The van der Waals surface area contributed by atoms with Crippen molar-refractivity contribution in [1.29, 1.82) is 0 Å². The van der Waals surface area contributed by atoms with E-state index in [1.54, 1.807) is 42.5 Å².